The third kappa shape index (κ3) is 51.5. The Hall–Kier alpha value is -0.400. The molecular formula is C89H184O10. The first-order chi connectivity index (χ1) is 46.5. The summed E-state index contributed by atoms with van der Waals surface area (Å²) in [6.07, 6.45) is 38.9. The zero-order valence-corrected chi connectivity index (χ0v) is 73.4. The van der Waals surface area contributed by atoms with Gasteiger partial charge in [0.1, 0.15) is 0 Å². The van der Waals surface area contributed by atoms with Gasteiger partial charge in [-0.05, 0) is 283 Å². The van der Waals surface area contributed by atoms with Gasteiger partial charge in [0, 0.05) is 62.0 Å². The molecule has 0 heterocycles. The van der Waals surface area contributed by atoms with Gasteiger partial charge < -0.3 is 47.4 Å². The third-order valence-corrected chi connectivity index (χ3v) is 24.0. The predicted molar refractivity (Wildman–Crippen MR) is 432 cm³/mol. The van der Waals surface area contributed by atoms with Gasteiger partial charge in [-0.1, -0.05) is 167 Å². The van der Waals surface area contributed by atoms with Crippen LogP contribution in [0.5, 0.6) is 0 Å². The number of rotatable bonds is 26. The van der Waals surface area contributed by atoms with Crippen LogP contribution in [-0.2, 0) is 47.4 Å². The van der Waals surface area contributed by atoms with Crippen molar-refractivity contribution < 1.29 is 47.4 Å². The molecule has 0 spiro atoms. The molecule has 600 valence electrons. The Balaban J connectivity index is -0.00000105. The van der Waals surface area contributed by atoms with E-state index in [1.54, 1.807) is 27.8 Å². The summed E-state index contributed by atoms with van der Waals surface area (Å²) in [5.74, 6) is 13.6. The Morgan fingerprint density at radius 2 is 0.768 bits per heavy atom. The maximum atomic E-state index is 5.80. The smallest absolute Gasteiger partial charge is 0.0602 e. The highest BCUT2D eigenvalue weighted by atomic mass is 16.5. The molecule has 12 atom stereocenters. The van der Waals surface area contributed by atoms with Crippen LogP contribution in [0, 0.1) is 94.7 Å². The van der Waals surface area contributed by atoms with Gasteiger partial charge in [-0.3, -0.25) is 0 Å². The molecule has 0 amide bonds. The van der Waals surface area contributed by atoms with Crippen LogP contribution in [-0.4, -0.2) is 129 Å². The quantitative estimate of drug-likeness (QED) is 0.0834. The Morgan fingerprint density at radius 3 is 1.05 bits per heavy atom. The van der Waals surface area contributed by atoms with E-state index in [9.17, 15) is 0 Å². The van der Waals surface area contributed by atoms with Gasteiger partial charge in [-0.25, -0.2) is 0 Å². The third-order valence-electron chi connectivity index (χ3n) is 24.0. The van der Waals surface area contributed by atoms with E-state index in [4.69, 9.17) is 47.4 Å². The molecule has 8 fully saturated rings. The van der Waals surface area contributed by atoms with E-state index in [0.717, 1.165) is 85.6 Å². The molecule has 12 unspecified atom stereocenters. The average Bonchev–Trinajstić information content (AvgIpc) is 1.02. The van der Waals surface area contributed by atoms with Crippen LogP contribution in [0.3, 0.4) is 0 Å². The van der Waals surface area contributed by atoms with Crippen LogP contribution in [0.25, 0.3) is 0 Å². The van der Waals surface area contributed by atoms with E-state index < -0.39 is 0 Å². The summed E-state index contributed by atoms with van der Waals surface area (Å²) in [5.41, 5.74) is 0.00366. The van der Waals surface area contributed by atoms with Crippen LogP contribution in [0.2, 0.25) is 0 Å². The summed E-state index contributed by atoms with van der Waals surface area (Å²) in [7, 11) is 8.90. The molecule has 0 aromatic rings. The fourth-order valence-corrected chi connectivity index (χ4v) is 14.9. The highest BCUT2D eigenvalue weighted by Gasteiger charge is 2.48. The molecule has 0 aromatic heterocycles. The molecule has 0 N–H and O–H groups in total. The minimum absolute atomic E-state index is 0.00366. The van der Waals surface area contributed by atoms with Gasteiger partial charge >= 0.3 is 0 Å². The molecule has 8 rings (SSSR count). The molecule has 0 radical (unpaired) electrons. The molecule has 10 heteroatoms. The summed E-state index contributed by atoms with van der Waals surface area (Å²) in [6.45, 7) is 65.8. The second-order valence-corrected chi connectivity index (χ2v) is 34.8. The van der Waals surface area contributed by atoms with Crippen molar-refractivity contribution in [3.63, 3.8) is 0 Å². The van der Waals surface area contributed by atoms with Gasteiger partial charge in [0.25, 0.3) is 0 Å². The van der Waals surface area contributed by atoms with Gasteiger partial charge in [-0.2, -0.15) is 0 Å². The summed E-state index contributed by atoms with van der Waals surface area (Å²) in [6, 6.07) is 0. The lowest BCUT2D eigenvalue weighted by Crippen LogP contribution is -2.46. The second-order valence-electron chi connectivity index (χ2n) is 34.8. The van der Waals surface area contributed by atoms with Crippen molar-refractivity contribution in [1.82, 2.24) is 0 Å². The first kappa shape index (κ1) is 103. The Labute approximate surface area is 622 Å². The lowest BCUT2D eigenvalue weighted by atomic mass is 9.52. The molecule has 0 aliphatic heterocycles. The average molecular weight is 1410 g/mol. The first-order valence-corrected chi connectivity index (χ1v) is 42.3. The molecule has 0 aromatic carbocycles. The topological polar surface area (TPSA) is 92.3 Å². The number of ether oxygens (including phenoxy) is 10. The van der Waals surface area contributed by atoms with Gasteiger partial charge in [0.15, 0.2) is 0 Å². The number of hydrogen-bond donors (Lipinski definition) is 0. The summed E-state index contributed by atoms with van der Waals surface area (Å²) in [5, 5.41) is 0. The van der Waals surface area contributed by atoms with Gasteiger partial charge in [0.05, 0.1) is 66.6 Å². The second kappa shape index (κ2) is 61.6. The molecule has 8 aliphatic rings. The molecule has 8 aliphatic carbocycles. The van der Waals surface area contributed by atoms with Crippen molar-refractivity contribution in [1.29, 1.82) is 0 Å². The summed E-state index contributed by atoms with van der Waals surface area (Å²) < 4.78 is 53.8. The molecule has 4 bridgehead atoms. The van der Waals surface area contributed by atoms with Crippen molar-refractivity contribution in [3.05, 3.63) is 0 Å². The Morgan fingerprint density at radius 1 is 0.354 bits per heavy atom. The van der Waals surface area contributed by atoms with E-state index in [1.165, 1.54) is 148 Å². The summed E-state index contributed by atoms with van der Waals surface area (Å²) >= 11 is 0. The largest absolute Gasteiger partial charge is 0.381 e. The van der Waals surface area contributed by atoms with Crippen LogP contribution in [0.1, 0.15) is 355 Å². The van der Waals surface area contributed by atoms with Crippen molar-refractivity contribution >= 4 is 0 Å². The Kier molecular flexibility index (Phi) is 63.9. The van der Waals surface area contributed by atoms with Crippen molar-refractivity contribution in [2.24, 2.45) is 94.7 Å². The minimum Gasteiger partial charge on any atom is -0.381 e. The SMILES string of the molecule is CC(C)C(C)OC(C)(C)C.CC(C)OC(C)C(C)C.CCC(C)C(C)OC.CCOC(C)C(C)C.CCOC1CCCC(C2CCCCC2)C1.CCOCC1C2CC3CC(C2)CC1C3.COC(C)C(C)C.COC(C)C(C)C(C)C.COC(C)C1CCCC1.COC(C)C1CCCCC1. The highest BCUT2D eigenvalue weighted by molar-refractivity contribution is 4.98. The highest BCUT2D eigenvalue weighted by Crippen LogP contribution is 2.56. The Bertz CT molecular complexity index is 1650. The zero-order valence-electron chi connectivity index (χ0n) is 73.4. The van der Waals surface area contributed by atoms with Crippen LogP contribution in [0.4, 0.5) is 0 Å². The lowest BCUT2D eigenvalue weighted by Gasteiger charge is -2.54. The van der Waals surface area contributed by atoms with Crippen LogP contribution < -0.4 is 0 Å². The summed E-state index contributed by atoms with van der Waals surface area (Å²) in [4.78, 5) is 0. The normalized spacial score (nSPS) is 25.3. The number of methoxy groups -OCH3 is 5. The molecule has 10 nitrogen and oxygen atoms in total. The van der Waals surface area contributed by atoms with E-state index in [-0.39, 0.29) is 5.60 Å². The zero-order chi connectivity index (χ0) is 76.4. The van der Waals surface area contributed by atoms with Crippen molar-refractivity contribution in [2.45, 2.75) is 422 Å². The fraction of sp³-hybridized carbons (Fsp3) is 1.00. The molecule has 8 saturated carbocycles. The standard InChI is InChI=1S/C14H26O.C13H22O.C9H18O.C9H20O.C8H16O.2C8H18O.2C7H16O.C6H14O/c1-2-15-14-10-6-9-13(11-14)12-7-4-3-5-8-12;1-2-14-8-13-11-4-9-3-10(6-11)7-12(13)5-9;1-8(10-2)9-6-4-3-5-7-9;1-7(2)8(3)10-9(4,5)6;1-7(9-2)8-5-3-4-6-8;1-6(2)7(3)8(4)9-5;1-6(2)8(5)9-7(3)4;1-5-6(2)7(3)8-4;1-5-8-7(4)6(2)3;1-5(2)6(3)7-4/h12-14H,2-11H2,1H3;9-13H,2-8H2,1H3;8-9H,3-7H2,1-2H3;7-8H,1-6H3;7-8H,3-6H2,1-2H3;2*6-8H,1-5H3;2*6-7H,5H2,1-4H3;5-6H,1-4H3. The maximum Gasteiger partial charge on any atom is 0.0602 e. The number of hydrogen-bond acceptors (Lipinski definition) is 10. The van der Waals surface area contributed by atoms with E-state index in [2.05, 4.69) is 194 Å². The molecular weight excluding hydrogens is 1230 g/mol. The maximum absolute atomic E-state index is 5.80. The molecule has 0 saturated heterocycles. The molecule has 99 heavy (non-hydrogen) atoms. The van der Waals surface area contributed by atoms with Crippen LogP contribution >= 0.6 is 0 Å². The minimum atomic E-state index is 0.00366. The monoisotopic (exact) mass is 1410 g/mol. The van der Waals surface area contributed by atoms with E-state index >= 15 is 0 Å². The van der Waals surface area contributed by atoms with E-state index in [0.29, 0.717) is 96.5 Å². The van der Waals surface area contributed by atoms with Gasteiger partial charge in [-0.15, -0.1) is 0 Å². The predicted octanol–water partition coefficient (Wildman–Crippen LogP) is 25.5. The van der Waals surface area contributed by atoms with Crippen molar-refractivity contribution in [3.8, 4) is 0 Å². The fourth-order valence-electron chi connectivity index (χ4n) is 14.9. The lowest BCUT2D eigenvalue weighted by molar-refractivity contribution is -0.0700. The first-order valence-electron chi connectivity index (χ1n) is 42.3. The van der Waals surface area contributed by atoms with Crippen LogP contribution in [0.15, 0.2) is 0 Å². The van der Waals surface area contributed by atoms with Crippen molar-refractivity contribution in [2.75, 3.05) is 62.0 Å². The van der Waals surface area contributed by atoms with E-state index in [1.807, 2.05) is 21.1 Å². The van der Waals surface area contributed by atoms with Gasteiger partial charge in [0.2, 0.25) is 0 Å².